The van der Waals surface area contributed by atoms with Crippen LogP contribution < -0.4 is 4.74 Å². The number of carbonyl (C=O) groups excluding carboxylic acids is 1. The summed E-state index contributed by atoms with van der Waals surface area (Å²) < 4.78 is 7.27. The number of rotatable bonds is 5. The molecule has 0 bridgehead atoms. The lowest BCUT2D eigenvalue weighted by molar-refractivity contribution is -0.131. The second-order valence-corrected chi connectivity index (χ2v) is 6.69. The van der Waals surface area contributed by atoms with Crippen molar-refractivity contribution in [1.29, 1.82) is 0 Å². The highest BCUT2D eigenvalue weighted by Crippen LogP contribution is 2.26. The Morgan fingerprint density at radius 3 is 3.00 bits per heavy atom. The SMILES string of the molecule is COc1ccc(Cl)cc1CC(=O)N1CCC[C@@H]1Cn1cc(C)cn1. The number of halogens is 1. The van der Waals surface area contributed by atoms with Crippen molar-refractivity contribution in [1.82, 2.24) is 14.7 Å². The van der Waals surface area contributed by atoms with Crippen LogP contribution in [-0.2, 0) is 17.8 Å². The number of methoxy groups -OCH3 is 1. The molecule has 1 atom stereocenters. The monoisotopic (exact) mass is 347 g/mol. The topological polar surface area (TPSA) is 47.4 Å². The number of aromatic nitrogens is 2. The maximum atomic E-state index is 12.8. The van der Waals surface area contributed by atoms with Gasteiger partial charge in [-0.05, 0) is 43.5 Å². The van der Waals surface area contributed by atoms with Crippen LogP contribution in [0.25, 0.3) is 0 Å². The Morgan fingerprint density at radius 1 is 1.46 bits per heavy atom. The van der Waals surface area contributed by atoms with E-state index in [1.165, 1.54) is 0 Å². The fraction of sp³-hybridized carbons (Fsp3) is 0.444. The van der Waals surface area contributed by atoms with Crippen LogP contribution in [0.2, 0.25) is 5.02 Å². The summed E-state index contributed by atoms with van der Waals surface area (Å²) in [6, 6.07) is 5.58. The van der Waals surface area contributed by atoms with Crippen molar-refractivity contribution < 1.29 is 9.53 Å². The number of amides is 1. The number of ether oxygens (including phenoxy) is 1. The molecule has 1 aliphatic heterocycles. The molecule has 0 unspecified atom stereocenters. The number of carbonyl (C=O) groups is 1. The average Bonchev–Trinajstić information content (AvgIpc) is 3.17. The molecule has 24 heavy (non-hydrogen) atoms. The highest BCUT2D eigenvalue weighted by atomic mass is 35.5. The average molecular weight is 348 g/mol. The van der Waals surface area contributed by atoms with E-state index in [1.54, 1.807) is 25.3 Å². The first-order chi connectivity index (χ1) is 11.6. The number of hydrogen-bond acceptors (Lipinski definition) is 3. The molecular formula is C18H22ClN3O2. The van der Waals surface area contributed by atoms with Crippen LogP contribution in [0, 0.1) is 6.92 Å². The fourth-order valence-corrected chi connectivity index (χ4v) is 3.48. The van der Waals surface area contributed by atoms with E-state index in [0.717, 1.165) is 37.1 Å². The molecule has 5 nitrogen and oxygen atoms in total. The van der Waals surface area contributed by atoms with Gasteiger partial charge in [0.25, 0.3) is 0 Å². The Kier molecular flexibility index (Phi) is 5.09. The molecule has 0 aliphatic carbocycles. The maximum absolute atomic E-state index is 12.8. The third-order valence-electron chi connectivity index (χ3n) is 4.44. The lowest BCUT2D eigenvalue weighted by Crippen LogP contribution is -2.39. The number of aryl methyl sites for hydroxylation is 1. The first kappa shape index (κ1) is 16.8. The predicted octanol–water partition coefficient (Wildman–Crippen LogP) is 3.09. The van der Waals surface area contributed by atoms with Gasteiger partial charge in [0.2, 0.25) is 5.91 Å². The third-order valence-corrected chi connectivity index (χ3v) is 4.68. The molecule has 3 rings (SSSR count). The second-order valence-electron chi connectivity index (χ2n) is 6.26. The van der Waals surface area contributed by atoms with Crippen molar-refractivity contribution in [2.75, 3.05) is 13.7 Å². The molecule has 0 spiro atoms. The molecule has 6 heteroatoms. The van der Waals surface area contributed by atoms with Crippen molar-refractivity contribution in [2.45, 2.75) is 38.8 Å². The summed E-state index contributed by atoms with van der Waals surface area (Å²) in [5.41, 5.74) is 1.96. The first-order valence-electron chi connectivity index (χ1n) is 8.18. The van der Waals surface area contributed by atoms with E-state index in [1.807, 2.05) is 28.9 Å². The van der Waals surface area contributed by atoms with Gasteiger partial charge in [-0.25, -0.2) is 0 Å². The van der Waals surface area contributed by atoms with Crippen LogP contribution >= 0.6 is 11.6 Å². The van der Waals surface area contributed by atoms with E-state index in [0.29, 0.717) is 17.2 Å². The van der Waals surface area contributed by atoms with Crippen molar-refractivity contribution in [2.24, 2.45) is 0 Å². The summed E-state index contributed by atoms with van der Waals surface area (Å²) in [5.74, 6) is 0.813. The van der Waals surface area contributed by atoms with E-state index in [2.05, 4.69) is 5.10 Å². The lowest BCUT2D eigenvalue weighted by atomic mass is 10.1. The molecule has 0 N–H and O–H groups in total. The second kappa shape index (κ2) is 7.26. The summed E-state index contributed by atoms with van der Waals surface area (Å²) in [6.45, 7) is 3.56. The van der Waals surface area contributed by atoms with Gasteiger partial charge in [-0.1, -0.05) is 11.6 Å². The number of hydrogen-bond donors (Lipinski definition) is 0. The van der Waals surface area contributed by atoms with Crippen LogP contribution in [0.4, 0.5) is 0 Å². The van der Waals surface area contributed by atoms with E-state index >= 15 is 0 Å². The van der Waals surface area contributed by atoms with Crippen molar-refractivity contribution in [3.05, 3.63) is 46.7 Å². The molecule has 1 aromatic heterocycles. The van der Waals surface area contributed by atoms with Crippen LogP contribution in [0.3, 0.4) is 0 Å². The first-order valence-corrected chi connectivity index (χ1v) is 8.55. The molecule has 1 amide bonds. The summed E-state index contributed by atoms with van der Waals surface area (Å²) in [6.07, 6.45) is 6.21. The Hall–Kier alpha value is -2.01. The van der Waals surface area contributed by atoms with E-state index in [9.17, 15) is 4.79 Å². The molecule has 128 valence electrons. The zero-order chi connectivity index (χ0) is 17.1. The molecule has 1 saturated heterocycles. The fourth-order valence-electron chi connectivity index (χ4n) is 3.29. The largest absolute Gasteiger partial charge is 0.496 e. The van der Waals surface area contributed by atoms with Gasteiger partial charge < -0.3 is 9.64 Å². The van der Waals surface area contributed by atoms with Gasteiger partial charge in [-0.15, -0.1) is 0 Å². The van der Waals surface area contributed by atoms with Gasteiger partial charge in [0.1, 0.15) is 5.75 Å². The highest BCUT2D eigenvalue weighted by Gasteiger charge is 2.29. The zero-order valence-electron chi connectivity index (χ0n) is 14.0. The van der Waals surface area contributed by atoms with E-state index < -0.39 is 0 Å². The maximum Gasteiger partial charge on any atom is 0.227 e. The van der Waals surface area contributed by atoms with Crippen LogP contribution in [0.5, 0.6) is 5.75 Å². The quantitative estimate of drug-likeness (QED) is 0.835. The minimum absolute atomic E-state index is 0.113. The van der Waals surface area contributed by atoms with E-state index in [-0.39, 0.29) is 11.9 Å². The lowest BCUT2D eigenvalue weighted by Gasteiger charge is -2.25. The van der Waals surface area contributed by atoms with Crippen LogP contribution in [0.15, 0.2) is 30.6 Å². The standard InChI is InChI=1S/C18H22ClN3O2/c1-13-10-20-21(11-13)12-16-4-3-7-22(16)18(23)9-14-8-15(19)5-6-17(14)24-2/h5-6,8,10-11,16H,3-4,7,9,12H2,1-2H3/t16-/m1/s1. The van der Waals surface area contributed by atoms with Crippen molar-refractivity contribution >= 4 is 17.5 Å². The molecule has 0 saturated carbocycles. The third kappa shape index (κ3) is 3.73. The molecule has 2 heterocycles. The van der Waals surface area contributed by atoms with Crippen molar-refractivity contribution in [3.63, 3.8) is 0 Å². The molecule has 2 aromatic rings. The summed E-state index contributed by atoms with van der Waals surface area (Å²) in [5, 5.41) is 4.95. The van der Waals surface area contributed by atoms with Gasteiger partial charge in [0.05, 0.1) is 32.3 Å². The van der Waals surface area contributed by atoms with Gasteiger partial charge in [-0.2, -0.15) is 5.10 Å². The Morgan fingerprint density at radius 2 is 2.29 bits per heavy atom. The minimum atomic E-state index is 0.113. The Labute approximate surface area is 147 Å². The number of likely N-dealkylation sites (tertiary alicyclic amines) is 1. The zero-order valence-corrected chi connectivity index (χ0v) is 14.8. The summed E-state index contributed by atoms with van der Waals surface area (Å²) in [4.78, 5) is 14.8. The highest BCUT2D eigenvalue weighted by molar-refractivity contribution is 6.30. The molecule has 1 fully saturated rings. The van der Waals surface area contributed by atoms with Gasteiger partial charge in [-0.3, -0.25) is 9.48 Å². The van der Waals surface area contributed by atoms with Crippen LogP contribution in [0.1, 0.15) is 24.0 Å². The predicted molar refractivity (Wildman–Crippen MR) is 93.4 cm³/mol. The smallest absolute Gasteiger partial charge is 0.227 e. The minimum Gasteiger partial charge on any atom is -0.496 e. The van der Waals surface area contributed by atoms with Gasteiger partial charge >= 0.3 is 0 Å². The molecule has 0 radical (unpaired) electrons. The Balaban J connectivity index is 1.70. The molecule has 1 aliphatic rings. The van der Waals surface area contributed by atoms with Crippen LogP contribution in [-0.4, -0.2) is 40.3 Å². The van der Waals surface area contributed by atoms with Gasteiger partial charge in [0.15, 0.2) is 0 Å². The van der Waals surface area contributed by atoms with Crippen molar-refractivity contribution in [3.8, 4) is 5.75 Å². The number of benzene rings is 1. The summed E-state index contributed by atoms with van der Waals surface area (Å²) in [7, 11) is 1.61. The Bertz CT molecular complexity index is 729. The number of nitrogens with zero attached hydrogens (tertiary/aromatic N) is 3. The van der Waals surface area contributed by atoms with Gasteiger partial charge in [0, 0.05) is 23.3 Å². The molecule has 1 aromatic carbocycles. The van der Waals surface area contributed by atoms with E-state index in [4.69, 9.17) is 16.3 Å². The normalized spacial score (nSPS) is 17.3. The molecular weight excluding hydrogens is 326 g/mol. The summed E-state index contributed by atoms with van der Waals surface area (Å²) >= 11 is 6.06.